The average Bonchev–Trinajstić information content (AvgIpc) is 3.29. The number of aromatic nitrogens is 3. The maximum Gasteiger partial charge on any atom is 0.160 e. The Balaban J connectivity index is 1.03. The van der Waals surface area contributed by atoms with Gasteiger partial charge in [-0.3, -0.25) is 0 Å². The van der Waals surface area contributed by atoms with E-state index in [0.29, 0.717) is 5.82 Å². The quantitative estimate of drug-likeness (QED) is 0.154. The summed E-state index contributed by atoms with van der Waals surface area (Å²) < 4.78 is 0. The van der Waals surface area contributed by atoms with E-state index in [2.05, 4.69) is 170 Å². The third kappa shape index (κ3) is 6.42. The lowest BCUT2D eigenvalue weighted by atomic mass is 9.92. The molecule has 3 heteroatoms. The minimum absolute atomic E-state index is 0.713. The molecule has 0 N–H and O–H groups in total. The molecule has 262 valence electrons. The molecule has 0 unspecified atom stereocenters. The Morgan fingerprint density at radius 1 is 0.268 bits per heavy atom. The van der Waals surface area contributed by atoms with Gasteiger partial charge in [0.15, 0.2) is 5.82 Å². The molecule has 10 aromatic rings. The Morgan fingerprint density at radius 2 is 0.714 bits per heavy atom. The van der Waals surface area contributed by atoms with Crippen LogP contribution in [0.2, 0.25) is 0 Å². The van der Waals surface area contributed by atoms with Gasteiger partial charge in [-0.05, 0) is 74.5 Å². The molecule has 0 amide bonds. The molecule has 0 saturated heterocycles. The van der Waals surface area contributed by atoms with Gasteiger partial charge in [-0.25, -0.2) is 15.0 Å². The molecule has 3 nitrogen and oxygen atoms in total. The van der Waals surface area contributed by atoms with Gasteiger partial charge in [-0.15, -0.1) is 0 Å². The molecule has 2 heterocycles. The second kappa shape index (κ2) is 14.4. The van der Waals surface area contributed by atoms with Crippen molar-refractivity contribution in [1.29, 1.82) is 0 Å². The average molecular weight is 714 g/mol. The zero-order chi connectivity index (χ0) is 37.3. The highest BCUT2D eigenvalue weighted by molar-refractivity contribution is 6.14. The third-order valence-corrected chi connectivity index (χ3v) is 10.5. The van der Waals surface area contributed by atoms with Gasteiger partial charge in [0, 0.05) is 27.6 Å². The minimum atomic E-state index is 0.713. The summed E-state index contributed by atoms with van der Waals surface area (Å²) in [6.45, 7) is 0. The molecule has 0 saturated carbocycles. The third-order valence-electron chi connectivity index (χ3n) is 10.5. The van der Waals surface area contributed by atoms with Gasteiger partial charge in [-0.1, -0.05) is 182 Å². The number of pyridine rings is 1. The fourth-order valence-electron chi connectivity index (χ4n) is 7.62. The zero-order valence-electron chi connectivity index (χ0n) is 30.5. The predicted molar refractivity (Wildman–Crippen MR) is 233 cm³/mol. The lowest BCUT2D eigenvalue weighted by Crippen LogP contribution is -1.95. The topological polar surface area (TPSA) is 38.7 Å². The lowest BCUT2D eigenvalue weighted by molar-refractivity contribution is 1.18. The number of hydrogen-bond donors (Lipinski definition) is 0. The van der Waals surface area contributed by atoms with E-state index in [1.807, 2.05) is 42.5 Å². The van der Waals surface area contributed by atoms with Crippen LogP contribution in [0.5, 0.6) is 0 Å². The fraction of sp³-hybridized carbons (Fsp3) is 0. The maximum absolute atomic E-state index is 5.20. The van der Waals surface area contributed by atoms with Gasteiger partial charge in [0.25, 0.3) is 0 Å². The van der Waals surface area contributed by atoms with E-state index in [0.717, 1.165) is 72.5 Å². The zero-order valence-corrected chi connectivity index (χ0v) is 30.5. The van der Waals surface area contributed by atoms with E-state index in [-0.39, 0.29) is 0 Å². The number of rotatable bonds is 7. The van der Waals surface area contributed by atoms with Gasteiger partial charge in [0.1, 0.15) is 0 Å². The Morgan fingerprint density at radius 3 is 1.34 bits per heavy atom. The molecule has 0 radical (unpaired) electrons. The molecule has 0 fully saturated rings. The van der Waals surface area contributed by atoms with E-state index >= 15 is 0 Å². The monoisotopic (exact) mass is 713 g/mol. The van der Waals surface area contributed by atoms with Crippen LogP contribution in [0.15, 0.2) is 212 Å². The number of nitrogens with zero attached hydrogens (tertiary/aromatic N) is 3. The molecule has 0 aliphatic carbocycles. The van der Waals surface area contributed by atoms with E-state index in [9.17, 15) is 0 Å². The number of hydrogen-bond acceptors (Lipinski definition) is 3. The van der Waals surface area contributed by atoms with Crippen molar-refractivity contribution in [2.45, 2.75) is 0 Å². The van der Waals surface area contributed by atoms with Crippen LogP contribution in [-0.4, -0.2) is 15.0 Å². The molecule has 0 aliphatic rings. The van der Waals surface area contributed by atoms with Crippen molar-refractivity contribution in [3.05, 3.63) is 212 Å². The second-order valence-corrected chi connectivity index (χ2v) is 14.0. The van der Waals surface area contributed by atoms with Crippen LogP contribution < -0.4 is 0 Å². The van der Waals surface area contributed by atoms with Gasteiger partial charge >= 0.3 is 0 Å². The Labute approximate surface area is 326 Å². The van der Waals surface area contributed by atoms with Crippen LogP contribution in [0.1, 0.15) is 0 Å². The molecular formula is C53H35N3. The van der Waals surface area contributed by atoms with Crippen LogP contribution in [-0.2, 0) is 0 Å². The molecule has 0 aliphatic heterocycles. The maximum atomic E-state index is 5.20. The standard InChI is InChI=1S/C53H35N3/c1-5-14-37(15-6-1)47-34-49(39-16-7-2-8-17-39)54-48-31-30-38-26-29-45(33-46(38)52(47)48)44-23-13-22-43(32-44)36-24-27-41(28-25-36)51-35-50(40-18-9-3-10-19-40)55-53(56-51)42-20-11-4-12-21-42/h1-35H. The van der Waals surface area contributed by atoms with E-state index in [1.165, 1.54) is 21.9 Å². The summed E-state index contributed by atoms with van der Waals surface area (Å²) >= 11 is 0. The summed E-state index contributed by atoms with van der Waals surface area (Å²) in [5.41, 5.74) is 14.9. The molecule has 0 spiro atoms. The Hall–Kier alpha value is -7.49. The van der Waals surface area contributed by atoms with Crippen molar-refractivity contribution in [3.8, 4) is 78.5 Å². The predicted octanol–water partition coefficient (Wildman–Crippen LogP) is 13.8. The van der Waals surface area contributed by atoms with Gasteiger partial charge < -0.3 is 0 Å². The van der Waals surface area contributed by atoms with Gasteiger partial charge in [0.05, 0.1) is 22.6 Å². The molecule has 2 aromatic heterocycles. The fourth-order valence-corrected chi connectivity index (χ4v) is 7.62. The van der Waals surface area contributed by atoms with Crippen LogP contribution in [0, 0.1) is 0 Å². The van der Waals surface area contributed by atoms with Crippen molar-refractivity contribution in [2.24, 2.45) is 0 Å². The van der Waals surface area contributed by atoms with Crippen molar-refractivity contribution >= 4 is 21.7 Å². The second-order valence-electron chi connectivity index (χ2n) is 14.0. The SMILES string of the molecule is c1ccc(-c2cc(-c3ccc(-c4cccc(-c5ccc6ccc7nc(-c8ccccc8)cc(-c8ccccc8)c7c6c5)c4)cc3)nc(-c3ccccc3)n2)cc1. The molecule has 0 atom stereocenters. The Bertz CT molecular complexity index is 2920. The first-order chi connectivity index (χ1) is 27.7. The summed E-state index contributed by atoms with van der Waals surface area (Å²) in [6.07, 6.45) is 0. The van der Waals surface area contributed by atoms with Crippen LogP contribution in [0.3, 0.4) is 0 Å². The highest BCUT2D eigenvalue weighted by atomic mass is 14.9. The summed E-state index contributed by atoms with van der Waals surface area (Å²) in [7, 11) is 0. The van der Waals surface area contributed by atoms with Crippen molar-refractivity contribution in [3.63, 3.8) is 0 Å². The van der Waals surface area contributed by atoms with Crippen molar-refractivity contribution in [1.82, 2.24) is 15.0 Å². The highest BCUT2D eigenvalue weighted by Gasteiger charge is 2.15. The van der Waals surface area contributed by atoms with E-state index in [4.69, 9.17) is 15.0 Å². The number of benzene rings is 8. The summed E-state index contributed by atoms with van der Waals surface area (Å²) in [5, 5.41) is 3.54. The van der Waals surface area contributed by atoms with Gasteiger partial charge in [0.2, 0.25) is 0 Å². The van der Waals surface area contributed by atoms with E-state index < -0.39 is 0 Å². The van der Waals surface area contributed by atoms with Crippen LogP contribution >= 0.6 is 0 Å². The molecular weight excluding hydrogens is 679 g/mol. The lowest BCUT2D eigenvalue weighted by Gasteiger charge is -2.14. The minimum Gasteiger partial charge on any atom is -0.248 e. The largest absolute Gasteiger partial charge is 0.248 e. The summed E-state index contributed by atoms with van der Waals surface area (Å²) in [4.78, 5) is 15.2. The van der Waals surface area contributed by atoms with E-state index in [1.54, 1.807) is 0 Å². The van der Waals surface area contributed by atoms with Crippen LogP contribution in [0.4, 0.5) is 0 Å². The number of fused-ring (bicyclic) bond motifs is 3. The molecule has 0 bridgehead atoms. The summed E-state index contributed by atoms with van der Waals surface area (Å²) in [6, 6.07) is 74.6. The smallest absolute Gasteiger partial charge is 0.160 e. The van der Waals surface area contributed by atoms with Crippen molar-refractivity contribution in [2.75, 3.05) is 0 Å². The summed E-state index contributed by atoms with van der Waals surface area (Å²) in [5.74, 6) is 0.713. The first-order valence-corrected chi connectivity index (χ1v) is 18.9. The first-order valence-electron chi connectivity index (χ1n) is 18.9. The highest BCUT2D eigenvalue weighted by Crippen LogP contribution is 2.39. The normalized spacial score (nSPS) is 11.2. The molecule has 10 rings (SSSR count). The first kappa shape index (κ1) is 33.1. The molecule has 8 aromatic carbocycles. The molecule has 56 heavy (non-hydrogen) atoms. The van der Waals surface area contributed by atoms with Crippen LogP contribution in [0.25, 0.3) is 100 Å². The van der Waals surface area contributed by atoms with Crippen molar-refractivity contribution < 1.29 is 0 Å². The van der Waals surface area contributed by atoms with Gasteiger partial charge in [-0.2, -0.15) is 0 Å². The Kier molecular flexibility index (Phi) is 8.51.